The zero-order valence-electron chi connectivity index (χ0n) is 21.4. The van der Waals surface area contributed by atoms with E-state index < -0.39 is 18.1 Å². The monoisotopic (exact) mass is 500 g/mol. The van der Waals surface area contributed by atoms with Crippen LogP contribution in [0.4, 0.5) is 11.4 Å². The predicted molar refractivity (Wildman–Crippen MR) is 142 cm³/mol. The van der Waals surface area contributed by atoms with Crippen molar-refractivity contribution in [2.45, 2.75) is 45.8 Å². The Balaban J connectivity index is 1.56. The quantitative estimate of drug-likeness (QED) is 0.280. The molecule has 0 aromatic heterocycles. The number of carbonyl (C=O) groups excluding carboxylic acids is 2. The fraction of sp³-hybridized carbons (Fsp3) is 0.333. The van der Waals surface area contributed by atoms with Crippen molar-refractivity contribution < 1.29 is 23.9 Å². The summed E-state index contributed by atoms with van der Waals surface area (Å²) in [6, 6.07) is 22.2. The van der Waals surface area contributed by atoms with E-state index in [0.29, 0.717) is 30.4 Å². The van der Waals surface area contributed by atoms with Gasteiger partial charge < -0.3 is 9.47 Å². The van der Waals surface area contributed by atoms with E-state index in [1.807, 2.05) is 80.6 Å². The second kappa shape index (κ2) is 10.6. The standard InChI is InChI=1S/C30H32N2O5/c1-4-6-18-36-24-17-16-21(19-25(24)35-5-2)27-26-28(37-32(27)22-13-8-7-9-14-22)30(34)31(29(26)33)23-15-11-10-12-20(23)3/h7-17,19,26-28H,4-6,18H2,1-3H3/t26-,27-,28+/m1/s1. The molecule has 37 heavy (non-hydrogen) atoms. The van der Waals surface area contributed by atoms with Crippen molar-refractivity contribution >= 4 is 23.2 Å². The summed E-state index contributed by atoms with van der Waals surface area (Å²) >= 11 is 0. The molecule has 2 heterocycles. The van der Waals surface area contributed by atoms with Gasteiger partial charge in [0.1, 0.15) is 5.92 Å². The number of rotatable bonds is 9. The summed E-state index contributed by atoms with van der Waals surface area (Å²) < 4.78 is 11.9. The van der Waals surface area contributed by atoms with Crippen LogP contribution in [0.1, 0.15) is 43.9 Å². The lowest BCUT2D eigenvalue weighted by molar-refractivity contribution is -0.126. The molecule has 2 fully saturated rings. The Hall–Kier alpha value is -3.84. The number of benzene rings is 3. The molecule has 3 atom stereocenters. The van der Waals surface area contributed by atoms with Crippen LogP contribution in [0.3, 0.4) is 0 Å². The molecule has 192 valence electrons. The van der Waals surface area contributed by atoms with Gasteiger partial charge in [-0.2, -0.15) is 0 Å². The summed E-state index contributed by atoms with van der Waals surface area (Å²) in [6.45, 7) is 7.00. The Morgan fingerprint density at radius 1 is 0.865 bits per heavy atom. The molecule has 2 saturated heterocycles. The number of unbranched alkanes of at least 4 members (excludes halogenated alkanes) is 1. The number of nitrogens with zero attached hydrogens (tertiary/aromatic N) is 2. The molecule has 0 unspecified atom stereocenters. The van der Waals surface area contributed by atoms with Gasteiger partial charge in [-0.05, 0) is 61.7 Å². The van der Waals surface area contributed by atoms with Crippen molar-refractivity contribution in [3.8, 4) is 11.5 Å². The van der Waals surface area contributed by atoms with Crippen LogP contribution in [0.15, 0.2) is 72.8 Å². The molecule has 3 aromatic rings. The van der Waals surface area contributed by atoms with Gasteiger partial charge in [-0.1, -0.05) is 55.8 Å². The Labute approximate surface area is 217 Å². The maximum atomic E-state index is 13.9. The van der Waals surface area contributed by atoms with E-state index >= 15 is 0 Å². The lowest BCUT2D eigenvalue weighted by Gasteiger charge is -2.29. The minimum Gasteiger partial charge on any atom is -0.490 e. The SMILES string of the molecule is CCCCOc1ccc([C@@H]2[C@H]3C(=O)N(c4ccccc4C)C(=O)[C@H]3ON2c2ccccc2)cc1OCC. The van der Waals surface area contributed by atoms with E-state index in [1.54, 1.807) is 11.1 Å². The average Bonchev–Trinajstić information content (AvgIpc) is 3.42. The smallest absolute Gasteiger partial charge is 0.266 e. The number of hydrogen-bond acceptors (Lipinski definition) is 6. The summed E-state index contributed by atoms with van der Waals surface area (Å²) in [6.07, 6.45) is 1.05. The topological polar surface area (TPSA) is 68.3 Å². The van der Waals surface area contributed by atoms with Gasteiger partial charge >= 0.3 is 0 Å². The summed E-state index contributed by atoms with van der Waals surface area (Å²) in [5.74, 6) is -0.0591. The number of ether oxygens (including phenoxy) is 2. The molecule has 0 bridgehead atoms. The third kappa shape index (κ3) is 4.55. The molecule has 0 saturated carbocycles. The summed E-state index contributed by atoms with van der Waals surface area (Å²) in [5.41, 5.74) is 3.03. The fourth-order valence-corrected chi connectivity index (χ4v) is 5.03. The molecule has 0 N–H and O–H groups in total. The normalized spacial score (nSPS) is 20.9. The number of fused-ring (bicyclic) bond motifs is 1. The second-order valence-electron chi connectivity index (χ2n) is 9.30. The third-order valence-corrected chi connectivity index (χ3v) is 6.85. The first-order chi connectivity index (χ1) is 18.0. The number of aryl methyl sites for hydroxylation is 1. The van der Waals surface area contributed by atoms with Gasteiger partial charge in [0.25, 0.3) is 5.91 Å². The molecule has 0 spiro atoms. The number of amides is 2. The molecule has 7 heteroatoms. The lowest BCUT2D eigenvalue weighted by atomic mass is 9.90. The Kier molecular flexibility index (Phi) is 7.15. The molecule has 0 radical (unpaired) electrons. The van der Waals surface area contributed by atoms with E-state index in [4.69, 9.17) is 14.3 Å². The first-order valence-electron chi connectivity index (χ1n) is 12.9. The number of anilines is 2. The molecule has 5 rings (SSSR count). The average molecular weight is 501 g/mol. The van der Waals surface area contributed by atoms with Crippen LogP contribution in [0.5, 0.6) is 11.5 Å². The largest absolute Gasteiger partial charge is 0.490 e. The first kappa shape index (κ1) is 24.8. The van der Waals surface area contributed by atoms with Gasteiger partial charge in [-0.25, -0.2) is 9.96 Å². The highest BCUT2D eigenvalue weighted by Gasteiger charge is 2.60. The van der Waals surface area contributed by atoms with Crippen molar-refractivity contribution in [3.05, 3.63) is 83.9 Å². The molecule has 2 amide bonds. The molecule has 7 nitrogen and oxygen atoms in total. The molecule has 0 aliphatic carbocycles. The number of imide groups is 1. The Morgan fingerprint density at radius 2 is 1.62 bits per heavy atom. The fourth-order valence-electron chi connectivity index (χ4n) is 5.03. The van der Waals surface area contributed by atoms with Gasteiger partial charge in [0.2, 0.25) is 5.91 Å². The van der Waals surface area contributed by atoms with Gasteiger partial charge in [0.15, 0.2) is 17.6 Å². The molecule has 2 aliphatic heterocycles. The highest BCUT2D eigenvalue weighted by atomic mass is 16.7. The van der Waals surface area contributed by atoms with Gasteiger partial charge in [-0.3, -0.25) is 14.4 Å². The van der Waals surface area contributed by atoms with E-state index in [2.05, 4.69) is 6.92 Å². The van der Waals surface area contributed by atoms with E-state index in [9.17, 15) is 9.59 Å². The van der Waals surface area contributed by atoms with Crippen LogP contribution in [0.25, 0.3) is 0 Å². The van der Waals surface area contributed by atoms with Gasteiger partial charge in [0.05, 0.1) is 30.6 Å². The molecule has 3 aromatic carbocycles. The number of carbonyl (C=O) groups is 2. The first-order valence-corrected chi connectivity index (χ1v) is 12.9. The van der Waals surface area contributed by atoms with Crippen LogP contribution in [0.2, 0.25) is 0 Å². The van der Waals surface area contributed by atoms with E-state index in [0.717, 1.165) is 29.7 Å². The number of para-hydroxylation sites is 2. The number of hydroxylamine groups is 1. The maximum Gasteiger partial charge on any atom is 0.266 e. The van der Waals surface area contributed by atoms with Crippen molar-refractivity contribution in [1.29, 1.82) is 0 Å². The maximum absolute atomic E-state index is 13.9. The van der Waals surface area contributed by atoms with Crippen molar-refractivity contribution in [2.24, 2.45) is 5.92 Å². The number of hydrogen-bond donors (Lipinski definition) is 0. The highest BCUT2D eigenvalue weighted by Crippen LogP contribution is 2.49. The van der Waals surface area contributed by atoms with Crippen molar-refractivity contribution in [1.82, 2.24) is 0 Å². The second-order valence-corrected chi connectivity index (χ2v) is 9.30. The van der Waals surface area contributed by atoms with Crippen molar-refractivity contribution in [2.75, 3.05) is 23.2 Å². The third-order valence-electron chi connectivity index (χ3n) is 6.85. The predicted octanol–water partition coefficient (Wildman–Crippen LogP) is 5.62. The minimum atomic E-state index is -0.923. The van der Waals surface area contributed by atoms with Crippen LogP contribution in [-0.2, 0) is 14.4 Å². The Morgan fingerprint density at radius 3 is 2.35 bits per heavy atom. The highest BCUT2D eigenvalue weighted by molar-refractivity contribution is 6.24. The van der Waals surface area contributed by atoms with Gasteiger partial charge in [-0.15, -0.1) is 0 Å². The van der Waals surface area contributed by atoms with Crippen LogP contribution in [0, 0.1) is 12.8 Å². The van der Waals surface area contributed by atoms with Gasteiger partial charge in [0, 0.05) is 0 Å². The molecular formula is C30H32N2O5. The zero-order chi connectivity index (χ0) is 25.9. The van der Waals surface area contributed by atoms with E-state index in [-0.39, 0.29) is 11.8 Å². The molecule has 2 aliphatic rings. The van der Waals surface area contributed by atoms with Crippen molar-refractivity contribution in [3.63, 3.8) is 0 Å². The summed E-state index contributed by atoms with van der Waals surface area (Å²) in [5, 5.41) is 1.70. The zero-order valence-corrected chi connectivity index (χ0v) is 21.4. The van der Waals surface area contributed by atoms with Crippen LogP contribution in [-0.4, -0.2) is 31.1 Å². The summed E-state index contributed by atoms with van der Waals surface area (Å²) in [4.78, 5) is 35.0. The summed E-state index contributed by atoms with van der Waals surface area (Å²) in [7, 11) is 0. The van der Waals surface area contributed by atoms with Crippen LogP contribution >= 0.6 is 0 Å². The lowest BCUT2D eigenvalue weighted by Crippen LogP contribution is -2.37. The molecular weight excluding hydrogens is 468 g/mol. The van der Waals surface area contributed by atoms with E-state index in [1.165, 1.54) is 4.90 Å². The Bertz CT molecular complexity index is 1280. The van der Waals surface area contributed by atoms with Crippen LogP contribution < -0.4 is 19.4 Å². The minimum absolute atomic E-state index is 0.269.